The maximum absolute atomic E-state index is 14.9. The molecule has 0 unspecified atom stereocenters. The molecule has 0 saturated heterocycles. The van der Waals surface area contributed by atoms with Crippen LogP contribution in [0.2, 0.25) is 5.02 Å². The number of carbonyl (C=O) groups is 1. The van der Waals surface area contributed by atoms with Gasteiger partial charge in [0.15, 0.2) is 17.4 Å². The Morgan fingerprint density at radius 1 is 1.18 bits per heavy atom. The van der Waals surface area contributed by atoms with Crippen LogP contribution in [0.4, 0.5) is 22.0 Å². The summed E-state index contributed by atoms with van der Waals surface area (Å²) in [5.41, 5.74) is 0.241. The molecule has 34 heavy (non-hydrogen) atoms. The van der Waals surface area contributed by atoms with Gasteiger partial charge >= 0.3 is 12.1 Å². The Morgan fingerprint density at radius 3 is 2.47 bits per heavy atom. The largest absolute Gasteiger partial charge is 0.483 e. The fourth-order valence-electron chi connectivity index (χ4n) is 3.25. The van der Waals surface area contributed by atoms with Crippen molar-refractivity contribution in [1.82, 2.24) is 4.37 Å². The van der Waals surface area contributed by atoms with Gasteiger partial charge in [0.2, 0.25) is 0 Å². The molecule has 0 atom stereocenters. The molecule has 0 aliphatic rings. The normalized spacial score (nSPS) is 11.5. The summed E-state index contributed by atoms with van der Waals surface area (Å²) in [5, 5.41) is 0.385. The minimum absolute atomic E-state index is 0.0161. The van der Waals surface area contributed by atoms with Crippen LogP contribution in [0, 0.1) is 18.6 Å². The fraction of sp³-hybridized carbons (Fsp3) is 0.304. The number of rotatable bonds is 8. The SMILES string of the molecule is CCOC(=O)CCc1cc(F)c(OCc2c(-c3ccc(Cl)cc3)nsc2C(F)(F)F)c(F)c1C. The van der Waals surface area contributed by atoms with Crippen LogP contribution in [0.1, 0.15) is 34.9 Å². The Labute approximate surface area is 201 Å². The zero-order valence-corrected chi connectivity index (χ0v) is 19.6. The Hall–Kier alpha value is -2.72. The third-order valence-electron chi connectivity index (χ3n) is 4.96. The quantitative estimate of drug-likeness (QED) is 0.234. The summed E-state index contributed by atoms with van der Waals surface area (Å²) < 4.78 is 84.2. The average molecular weight is 520 g/mol. The van der Waals surface area contributed by atoms with Gasteiger partial charge in [-0.3, -0.25) is 4.79 Å². The van der Waals surface area contributed by atoms with Crippen molar-refractivity contribution in [3.8, 4) is 17.0 Å². The van der Waals surface area contributed by atoms with E-state index in [4.69, 9.17) is 21.1 Å². The molecule has 0 bridgehead atoms. The molecular weight excluding hydrogens is 501 g/mol. The number of alkyl halides is 3. The minimum Gasteiger partial charge on any atom is -0.483 e. The summed E-state index contributed by atoms with van der Waals surface area (Å²) in [7, 11) is 0. The number of esters is 1. The van der Waals surface area contributed by atoms with E-state index in [1.54, 1.807) is 6.92 Å². The van der Waals surface area contributed by atoms with E-state index in [-0.39, 0.29) is 53.4 Å². The Morgan fingerprint density at radius 2 is 1.85 bits per heavy atom. The summed E-state index contributed by atoms with van der Waals surface area (Å²) in [6.45, 7) is 2.43. The number of hydrogen-bond acceptors (Lipinski definition) is 5. The number of hydrogen-bond donors (Lipinski definition) is 0. The van der Waals surface area contributed by atoms with E-state index in [0.717, 1.165) is 6.07 Å². The number of ether oxygens (including phenoxy) is 2. The van der Waals surface area contributed by atoms with Gasteiger partial charge in [-0.2, -0.15) is 17.5 Å². The number of benzene rings is 2. The van der Waals surface area contributed by atoms with Crippen LogP contribution in [0.5, 0.6) is 5.75 Å². The van der Waals surface area contributed by atoms with Crippen LogP contribution >= 0.6 is 23.1 Å². The van der Waals surface area contributed by atoms with Gasteiger partial charge in [-0.1, -0.05) is 23.7 Å². The second-order valence-electron chi connectivity index (χ2n) is 7.22. The third-order valence-corrected chi connectivity index (χ3v) is 6.14. The zero-order chi connectivity index (χ0) is 25.0. The standard InChI is InChI=1S/C23H19ClF5NO3S/c1-3-32-18(31)9-6-14-10-17(25)21(19(26)12(14)2)33-11-16-20(13-4-7-15(24)8-5-13)30-34-22(16)23(27,28)29/h4-5,7-8,10H,3,6,9,11H2,1-2H3. The fourth-order valence-corrected chi connectivity index (χ4v) is 4.14. The van der Waals surface area contributed by atoms with Crippen molar-refractivity contribution < 1.29 is 36.2 Å². The van der Waals surface area contributed by atoms with Gasteiger partial charge in [-0.15, -0.1) is 0 Å². The lowest BCUT2D eigenvalue weighted by Gasteiger charge is -2.15. The molecular formula is C23H19ClF5NO3S. The number of halogens is 6. The van der Waals surface area contributed by atoms with E-state index in [1.165, 1.54) is 31.2 Å². The molecule has 0 radical (unpaired) electrons. The van der Waals surface area contributed by atoms with Crippen LogP contribution in [0.3, 0.4) is 0 Å². The molecule has 182 valence electrons. The van der Waals surface area contributed by atoms with Crippen LogP contribution in [0.25, 0.3) is 11.3 Å². The average Bonchev–Trinajstić information content (AvgIpc) is 3.20. The van der Waals surface area contributed by atoms with Gasteiger partial charge in [-0.25, -0.2) is 8.78 Å². The summed E-state index contributed by atoms with van der Waals surface area (Å²) in [6.07, 6.45) is -4.77. The van der Waals surface area contributed by atoms with Crippen molar-refractivity contribution in [1.29, 1.82) is 0 Å². The van der Waals surface area contributed by atoms with E-state index >= 15 is 0 Å². The molecule has 1 aromatic heterocycles. The highest BCUT2D eigenvalue weighted by atomic mass is 35.5. The van der Waals surface area contributed by atoms with Crippen LogP contribution in [-0.2, 0) is 28.7 Å². The predicted octanol–water partition coefficient (Wildman–Crippen LogP) is 7.14. The van der Waals surface area contributed by atoms with E-state index in [2.05, 4.69) is 4.37 Å². The summed E-state index contributed by atoms with van der Waals surface area (Å²) in [6, 6.07) is 6.97. The maximum atomic E-state index is 14.9. The summed E-state index contributed by atoms with van der Waals surface area (Å²) in [4.78, 5) is 10.5. The second kappa shape index (κ2) is 10.7. The zero-order valence-electron chi connectivity index (χ0n) is 18.1. The van der Waals surface area contributed by atoms with Crippen molar-refractivity contribution >= 4 is 29.1 Å². The number of nitrogens with zero attached hydrogens (tertiary/aromatic N) is 1. The molecule has 1 heterocycles. The van der Waals surface area contributed by atoms with E-state index < -0.39 is 41.0 Å². The first-order valence-electron chi connectivity index (χ1n) is 10.1. The van der Waals surface area contributed by atoms with Crippen LogP contribution in [-0.4, -0.2) is 16.9 Å². The lowest BCUT2D eigenvalue weighted by molar-refractivity contribution is -0.143. The van der Waals surface area contributed by atoms with Crippen molar-refractivity contribution in [2.75, 3.05) is 6.61 Å². The first-order chi connectivity index (χ1) is 16.0. The molecule has 0 N–H and O–H groups in total. The van der Waals surface area contributed by atoms with Crippen LogP contribution in [0.15, 0.2) is 30.3 Å². The molecule has 4 nitrogen and oxygen atoms in total. The lowest BCUT2D eigenvalue weighted by atomic mass is 10.0. The molecule has 0 aliphatic heterocycles. The van der Waals surface area contributed by atoms with E-state index in [9.17, 15) is 26.7 Å². The number of aryl methyl sites for hydroxylation is 1. The number of aromatic nitrogens is 1. The van der Waals surface area contributed by atoms with E-state index in [1.807, 2.05) is 0 Å². The van der Waals surface area contributed by atoms with Gasteiger partial charge < -0.3 is 9.47 Å². The van der Waals surface area contributed by atoms with Crippen molar-refractivity contribution in [3.05, 3.63) is 68.6 Å². The monoisotopic (exact) mass is 519 g/mol. The van der Waals surface area contributed by atoms with Crippen molar-refractivity contribution in [2.45, 2.75) is 39.5 Å². The second-order valence-corrected chi connectivity index (χ2v) is 8.43. The topological polar surface area (TPSA) is 48.4 Å². The lowest BCUT2D eigenvalue weighted by Crippen LogP contribution is -2.10. The third kappa shape index (κ3) is 5.85. The first kappa shape index (κ1) is 25.9. The summed E-state index contributed by atoms with van der Waals surface area (Å²) in [5.74, 6) is -3.46. The molecule has 0 spiro atoms. The van der Waals surface area contributed by atoms with Gasteiger partial charge in [-0.05, 0) is 61.1 Å². The minimum atomic E-state index is -4.73. The van der Waals surface area contributed by atoms with Gasteiger partial charge in [0, 0.05) is 22.6 Å². The van der Waals surface area contributed by atoms with Crippen LogP contribution < -0.4 is 4.74 Å². The molecule has 0 aliphatic carbocycles. The molecule has 0 fully saturated rings. The highest BCUT2D eigenvalue weighted by molar-refractivity contribution is 7.06. The smallest absolute Gasteiger partial charge is 0.427 e. The summed E-state index contributed by atoms with van der Waals surface area (Å²) >= 11 is 6.07. The molecule has 0 saturated carbocycles. The van der Waals surface area contributed by atoms with E-state index in [0.29, 0.717) is 10.6 Å². The highest BCUT2D eigenvalue weighted by Gasteiger charge is 2.38. The molecule has 3 rings (SSSR count). The highest BCUT2D eigenvalue weighted by Crippen LogP contribution is 2.41. The predicted molar refractivity (Wildman–Crippen MR) is 118 cm³/mol. The maximum Gasteiger partial charge on any atom is 0.427 e. The first-order valence-corrected chi connectivity index (χ1v) is 11.3. The van der Waals surface area contributed by atoms with Crippen molar-refractivity contribution in [3.63, 3.8) is 0 Å². The van der Waals surface area contributed by atoms with Gasteiger partial charge in [0.25, 0.3) is 0 Å². The van der Waals surface area contributed by atoms with Crippen molar-refractivity contribution in [2.24, 2.45) is 0 Å². The molecule has 11 heteroatoms. The Kier molecular flexibility index (Phi) is 8.14. The molecule has 2 aromatic carbocycles. The Bertz CT molecular complexity index is 1180. The Balaban J connectivity index is 1.90. The molecule has 3 aromatic rings. The molecule has 0 amide bonds. The van der Waals surface area contributed by atoms with Gasteiger partial charge in [0.1, 0.15) is 11.5 Å². The van der Waals surface area contributed by atoms with Gasteiger partial charge in [0.05, 0.1) is 12.3 Å². The number of carbonyl (C=O) groups excluding carboxylic acids is 1.